The van der Waals surface area contributed by atoms with Gasteiger partial charge in [-0.15, -0.1) is 0 Å². The Morgan fingerprint density at radius 3 is 2.33 bits per heavy atom. The Labute approximate surface area is 214 Å². The van der Waals surface area contributed by atoms with E-state index >= 15 is 0 Å². The molecule has 5 nitrogen and oxygen atoms in total. The predicted octanol–water partition coefficient (Wildman–Crippen LogP) is 5.43. The molecule has 2 aromatic carbocycles. The summed E-state index contributed by atoms with van der Waals surface area (Å²) in [5.41, 5.74) is 6.35. The minimum Gasteiger partial charge on any atom is -0.0683 e. The Morgan fingerprint density at radius 1 is 1.15 bits per heavy atom. The normalized spacial score (nSPS) is 17.0. The standard InChI is InChI=1S/C25H27N4O.C2H6.Hg/c1-4-19-5-13-23(14-6-19)26-16-24-15-25(30)29(18(3)27-24)28-17(2)20-7-9-21(10-8-20)22-11-12-22;1-2;/h5-10,13-15,26-27H,3-4,11-12,16H2,1-2H3;1-2H3;/b28-17+;;. The molecule has 1 fully saturated rings. The summed E-state index contributed by atoms with van der Waals surface area (Å²) in [7, 11) is 0. The molecule has 1 saturated carbocycles. The van der Waals surface area contributed by atoms with E-state index in [1.165, 1.54) is 29.0 Å². The fourth-order valence-corrected chi connectivity index (χ4v) is 5.19. The van der Waals surface area contributed by atoms with Crippen LogP contribution in [0.3, 0.4) is 0 Å². The number of aryl methyl sites for hydroxylation is 1. The van der Waals surface area contributed by atoms with Crippen molar-refractivity contribution < 1.29 is 30.9 Å². The average molecular weight is 630 g/mol. The van der Waals surface area contributed by atoms with E-state index in [-0.39, 0.29) is 5.91 Å². The van der Waals surface area contributed by atoms with E-state index in [9.17, 15) is 4.79 Å². The molecule has 1 amide bonds. The molecule has 6 heteroatoms. The summed E-state index contributed by atoms with van der Waals surface area (Å²) < 4.78 is 0.540. The summed E-state index contributed by atoms with van der Waals surface area (Å²) in [5, 5.41) is 12.4. The number of carbonyl (C=O) groups is 1. The molecule has 33 heavy (non-hydrogen) atoms. The monoisotopic (exact) mass is 631 g/mol. The Bertz CT molecular complexity index is 1050. The Kier molecular flexibility index (Phi) is 8.52. The summed E-state index contributed by atoms with van der Waals surface area (Å²) >= 11 is 0.757. The van der Waals surface area contributed by atoms with E-state index in [0.717, 1.165) is 55.2 Å². The molecule has 0 saturated heterocycles. The maximum absolute atomic E-state index is 12.7. The second-order valence-electron chi connectivity index (χ2n) is 8.34. The number of carbonyl (C=O) groups excluding carboxylic acids is 1. The third-order valence-corrected chi connectivity index (χ3v) is 10.3. The predicted molar refractivity (Wildman–Crippen MR) is 132 cm³/mol. The van der Waals surface area contributed by atoms with Gasteiger partial charge in [0.1, 0.15) is 0 Å². The van der Waals surface area contributed by atoms with Crippen LogP contribution in [0.1, 0.15) is 57.2 Å². The van der Waals surface area contributed by atoms with Crippen molar-refractivity contribution >= 4 is 17.3 Å². The number of hydrogen-bond acceptors (Lipinski definition) is 4. The Morgan fingerprint density at radius 2 is 1.79 bits per heavy atom. The molecule has 1 aliphatic heterocycles. The van der Waals surface area contributed by atoms with Crippen molar-refractivity contribution in [3.8, 4) is 0 Å². The molecular formula is C27H33HgN4O. The second-order valence-corrected chi connectivity index (χ2v) is 13.6. The van der Waals surface area contributed by atoms with Crippen LogP contribution < -0.4 is 10.6 Å². The van der Waals surface area contributed by atoms with Gasteiger partial charge in [0, 0.05) is 5.69 Å². The zero-order valence-electron chi connectivity index (χ0n) is 20.2. The maximum atomic E-state index is 12.7. The molecule has 2 aliphatic rings. The van der Waals surface area contributed by atoms with E-state index in [4.69, 9.17) is 0 Å². The molecule has 0 atom stereocenters. The van der Waals surface area contributed by atoms with Crippen molar-refractivity contribution in [1.82, 2.24) is 10.3 Å². The molecule has 0 radical (unpaired) electrons. The van der Waals surface area contributed by atoms with Crippen LogP contribution in [0.15, 0.2) is 77.8 Å². The molecule has 0 spiro atoms. The van der Waals surface area contributed by atoms with Gasteiger partial charge in [-0.25, -0.2) is 0 Å². The van der Waals surface area contributed by atoms with Crippen molar-refractivity contribution in [3.05, 3.63) is 89.4 Å². The first-order valence-electron chi connectivity index (χ1n) is 11.7. The third kappa shape index (κ3) is 6.35. The second kappa shape index (κ2) is 11.1. The molecule has 169 valence electrons. The molecule has 2 N–H and O–H groups in total. The Hall–Kier alpha value is -2.40. The molecule has 0 bridgehead atoms. The van der Waals surface area contributed by atoms with Crippen LogP contribution in [0.5, 0.6) is 0 Å². The van der Waals surface area contributed by atoms with Crippen LogP contribution >= 0.6 is 0 Å². The van der Waals surface area contributed by atoms with Gasteiger partial charge in [0.15, 0.2) is 0 Å². The summed E-state index contributed by atoms with van der Waals surface area (Å²) in [6, 6.07) is 17.0. The van der Waals surface area contributed by atoms with Crippen LogP contribution in [0.25, 0.3) is 0 Å². The van der Waals surface area contributed by atoms with E-state index in [1.54, 1.807) is 6.08 Å². The molecule has 0 aromatic heterocycles. The quantitative estimate of drug-likeness (QED) is 0.317. The van der Waals surface area contributed by atoms with Crippen molar-refractivity contribution in [3.63, 3.8) is 0 Å². The van der Waals surface area contributed by atoms with Gasteiger partial charge in [-0.2, -0.15) is 0 Å². The number of nitrogens with one attached hydrogen (secondary N) is 2. The van der Waals surface area contributed by atoms with Gasteiger partial charge in [-0.05, 0) is 24.1 Å². The number of amides is 1. The Balaban J connectivity index is 0.00000149. The number of benzene rings is 2. The van der Waals surface area contributed by atoms with Gasteiger partial charge < -0.3 is 5.32 Å². The summed E-state index contributed by atoms with van der Waals surface area (Å²) in [6.07, 6.45) is 5.26. The molecule has 0 unspecified atom stereocenters. The van der Waals surface area contributed by atoms with E-state index in [1.807, 2.05) is 20.8 Å². The summed E-state index contributed by atoms with van der Waals surface area (Å²) in [5.74, 6) is 0.261. The molecule has 2 aromatic rings. The van der Waals surface area contributed by atoms with Crippen LogP contribution in [-0.2, 0) is 40.3 Å². The molecular weight excluding hydrogens is 597 g/mol. The first-order valence-corrected chi connectivity index (χ1v) is 14.5. The SMILES string of the molecule is C=C1NC(CNc2ccc(CC)cc2)=CC(=O)N1/N=C(\C)c1ccc([C]2([Hg])CC2)cc1.CC. The van der Waals surface area contributed by atoms with Crippen molar-refractivity contribution in [2.45, 2.75) is 49.9 Å². The smallest absolute Gasteiger partial charge is 0.0683 e. The topological polar surface area (TPSA) is 56.7 Å². The number of rotatable bonds is 7. The van der Waals surface area contributed by atoms with Gasteiger partial charge in [0.05, 0.1) is 0 Å². The van der Waals surface area contributed by atoms with Crippen molar-refractivity contribution in [2.75, 3.05) is 11.9 Å². The van der Waals surface area contributed by atoms with Gasteiger partial charge in [-0.1, -0.05) is 32.9 Å². The van der Waals surface area contributed by atoms with Gasteiger partial charge >= 0.3 is 147 Å². The molecule has 1 aliphatic carbocycles. The first-order chi connectivity index (χ1) is 15.9. The number of hydrazone groups is 1. The van der Waals surface area contributed by atoms with Crippen LogP contribution in [0, 0.1) is 0 Å². The fraction of sp³-hybridized carbons (Fsp3) is 0.333. The van der Waals surface area contributed by atoms with Gasteiger partial charge in [0.2, 0.25) is 0 Å². The van der Waals surface area contributed by atoms with Crippen LogP contribution in [0.4, 0.5) is 5.69 Å². The van der Waals surface area contributed by atoms with Crippen molar-refractivity contribution in [1.29, 1.82) is 0 Å². The average Bonchev–Trinajstić information content (AvgIpc) is 3.60. The summed E-state index contributed by atoms with van der Waals surface area (Å²) in [4.78, 5) is 12.7. The van der Waals surface area contributed by atoms with E-state index in [2.05, 4.69) is 77.8 Å². The number of anilines is 1. The minimum atomic E-state index is -0.197. The summed E-state index contributed by atoms with van der Waals surface area (Å²) in [6.45, 7) is 12.6. The van der Waals surface area contributed by atoms with E-state index < -0.39 is 0 Å². The van der Waals surface area contributed by atoms with Gasteiger partial charge in [0.25, 0.3) is 0 Å². The zero-order chi connectivity index (χ0) is 24.0. The fourth-order valence-electron chi connectivity index (χ4n) is 3.59. The first kappa shape index (κ1) is 25.2. The minimum absolute atomic E-state index is 0.197. The maximum Gasteiger partial charge on any atom is -0.0683 e. The zero-order valence-corrected chi connectivity index (χ0v) is 25.7. The number of nitrogens with zero attached hydrogens (tertiary/aromatic N) is 2. The van der Waals surface area contributed by atoms with Crippen LogP contribution in [0.2, 0.25) is 0 Å². The third-order valence-electron chi connectivity index (χ3n) is 5.93. The van der Waals surface area contributed by atoms with Crippen LogP contribution in [-0.4, -0.2) is 23.2 Å². The molecule has 1 heterocycles. The largest absolute Gasteiger partial charge is 0.0683 e. The van der Waals surface area contributed by atoms with E-state index in [0.29, 0.717) is 15.3 Å². The van der Waals surface area contributed by atoms with Crippen molar-refractivity contribution in [2.24, 2.45) is 5.10 Å². The number of hydrogen-bond donors (Lipinski definition) is 2. The molecule has 4 rings (SSSR count). The van der Waals surface area contributed by atoms with Gasteiger partial charge in [-0.3, -0.25) is 0 Å².